The lowest BCUT2D eigenvalue weighted by molar-refractivity contribution is -0.163. The molecule has 3 rings (SSSR count). The van der Waals surface area contributed by atoms with E-state index in [1.54, 1.807) is 24.3 Å². The summed E-state index contributed by atoms with van der Waals surface area (Å²) in [6.07, 6.45) is 3.57. The standard InChI is InChI=1S/C22H24N2O6/c1-12(24-20(27)17-6-4-5-7-18(17)21(24)28)22(29)30-14(3)19(26)23-16-10-8-15(9-11-16)13(2)25/h4-5,8-12,14,17-18H,6-7H2,1-3H3,(H,23,26)/t12-,14+,17-,18+/m0/s1. The first-order valence-corrected chi connectivity index (χ1v) is 9.85. The van der Waals surface area contributed by atoms with Gasteiger partial charge in [-0.1, -0.05) is 12.2 Å². The van der Waals surface area contributed by atoms with E-state index in [0.717, 1.165) is 4.90 Å². The topological polar surface area (TPSA) is 110 Å². The number of amides is 3. The molecule has 3 amide bonds. The molecule has 158 valence electrons. The third kappa shape index (κ3) is 4.17. The minimum absolute atomic E-state index is 0.0919. The van der Waals surface area contributed by atoms with Crippen LogP contribution in [0, 0.1) is 11.8 Å². The van der Waals surface area contributed by atoms with Crippen LogP contribution in [0.15, 0.2) is 36.4 Å². The molecule has 0 aromatic heterocycles. The smallest absolute Gasteiger partial charge is 0.329 e. The van der Waals surface area contributed by atoms with E-state index in [9.17, 15) is 24.0 Å². The van der Waals surface area contributed by atoms with Crippen molar-refractivity contribution >= 4 is 35.2 Å². The van der Waals surface area contributed by atoms with Gasteiger partial charge >= 0.3 is 5.97 Å². The second-order valence-corrected chi connectivity index (χ2v) is 7.58. The summed E-state index contributed by atoms with van der Waals surface area (Å²) in [5.74, 6) is -3.09. The van der Waals surface area contributed by atoms with E-state index in [1.165, 1.54) is 20.8 Å². The van der Waals surface area contributed by atoms with E-state index in [4.69, 9.17) is 4.74 Å². The quantitative estimate of drug-likeness (QED) is 0.332. The van der Waals surface area contributed by atoms with E-state index in [2.05, 4.69) is 5.32 Å². The number of ether oxygens (including phenoxy) is 1. The Balaban J connectivity index is 1.59. The molecule has 1 aliphatic carbocycles. The average Bonchev–Trinajstić information content (AvgIpc) is 2.98. The van der Waals surface area contributed by atoms with E-state index in [-0.39, 0.29) is 17.6 Å². The van der Waals surface area contributed by atoms with Gasteiger partial charge in [-0.25, -0.2) is 4.79 Å². The second kappa shape index (κ2) is 8.61. The average molecular weight is 412 g/mol. The highest BCUT2D eigenvalue weighted by molar-refractivity contribution is 6.08. The fourth-order valence-corrected chi connectivity index (χ4v) is 3.67. The minimum atomic E-state index is -1.14. The molecule has 0 bridgehead atoms. The van der Waals surface area contributed by atoms with Crippen molar-refractivity contribution in [3.63, 3.8) is 0 Å². The first-order chi connectivity index (χ1) is 14.2. The Morgan fingerprint density at radius 1 is 1.00 bits per heavy atom. The van der Waals surface area contributed by atoms with Gasteiger partial charge in [0.1, 0.15) is 6.04 Å². The third-order valence-electron chi connectivity index (χ3n) is 5.49. The Morgan fingerprint density at radius 2 is 1.53 bits per heavy atom. The summed E-state index contributed by atoms with van der Waals surface area (Å²) in [5, 5.41) is 2.60. The van der Waals surface area contributed by atoms with Crippen LogP contribution < -0.4 is 5.32 Å². The number of Topliss-reactive ketones (excluding diaryl/α,β-unsaturated/α-hetero) is 1. The van der Waals surface area contributed by atoms with Gasteiger partial charge in [-0.3, -0.25) is 24.1 Å². The molecule has 8 nitrogen and oxygen atoms in total. The highest BCUT2D eigenvalue weighted by Gasteiger charge is 2.50. The van der Waals surface area contributed by atoms with Crippen molar-refractivity contribution in [2.75, 3.05) is 5.32 Å². The molecule has 1 aromatic rings. The number of nitrogens with zero attached hydrogens (tertiary/aromatic N) is 1. The van der Waals surface area contributed by atoms with Gasteiger partial charge in [0, 0.05) is 11.3 Å². The molecule has 1 aliphatic heterocycles. The van der Waals surface area contributed by atoms with Crippen LogP contribution in [-0.2, 0) is 23.9 Å². The first kappa shape index (κ1) is 21.4. The van der Waals surface area contributed by atoms with Crippen LogP contribution >= 0.6 is 0 Å². The Labute approximate surface area is 174 Å². The van der Waals surface area contributed by atoms with Crippen molar-refractivity contribution in [2.24, 2.45) is 11.8 Å². The predicted molar refractivity (Wildman–Crippen MR) is 107 cm³/mol. The van der Waals surface area contributed by atoms with Gasteiger partial charge in [-0.2, -0.15) is 0 Å². The summed E-state index contributed by atoms with van der Waals surface area (Å²) < 4.78 is 5.20. The summed E-state index contributed by atoms with van der Waals surface area (Å²) in [7, 11) is 0. The lowest BCUT2D eigenvalue weighted by atomic mass is 9.85. The van der Waals surface area contributed by atoms with Crippen molar-refractivity contribution < 1.29 is 28.7 Å². The molecule has 1 aromatic carbocycles. The molecular formula is C22H24N2O6. The number of fused-ring (bicyclic) bond motifs is 1. The van der Waals surface area contributed by atoms with Gasteiger partial charge in [-0.05, 0) is 57.9 Å². The van der Waals surface area contributed by atoms with E-state index >= 15 is 0 Å². The maximum absolute atomic E-state index is 12.6. The fraction of sp³-hybridized carbons (Fsp3) is 0.409. The number of nitrogens with one attached hydrogen (secondary N) is 1. The van der Waals surface area contributed by atoms with Gasteiger partial charge in [-0.15, -0.1) is 0 Å². The Morgan fingerprint density at radius 3 is 2.03 bits per heavy atom. The number of allylic oxidation sites excluding steroid dienone is 2. The molecule has 1 N–H and O–H groups in total. The largest absolute Gasteiger partial charge is 0.451 e. The molecule has 0 radical (unpaired) electrons. The van der Waals surface area contributed by atoms with Crippen LogP contribution in [-0.4, -0.2) is 46.5 Å². The molecule has 30 heavy (non-hydrogen) atoms. The number of ketones is 1. The number of rotatable bonds is 6. The molecule has 1 saturated heterocycles. The molecule has 0 unspecified atom stereocenters. The summed E-state index contributed by atoms with van der Waals surface area (Å²) >= 11 is 0. The summed E-state index contributed by atoms with van der Waals surface area (Å²) in [6.45, 7) is 4.27. The van der Waals surface area contributed by atoms with Crippen molar-refractivity contribution in [1.82, 2.24) is 4.90 Å². The Hall–Kier alpha value is -3.29. The van der Waals surface area contributed by atoms with Crippen molar-refractivity contribution in [3.8, 4) is 0 Å². The zero-order valence-corrected chi connectivity index (χ0v) is 17.1. The van der Waals surface area contributed by atoms with Gasteiger partial charge in [0.2, 0.25) is 11.8 Å². The summed E-state index contributed by atoms with van der Waals surface area (Å²) in [4.78, 5) is 62.3. The maximum atomic E-state index is 12.6. The summed E-state index contributed by atoms with van der Waals surface area (Å²) in [5.41, 5.74) is 0.958. The van der Waals surface area contributed by atoms with Crippen molar-refractivity contribution in [1.29, 1.82) is 0 Å². The predicted octanol–water partition coefficient (Wildman–Crippen LogP) is 2.10. The fourth-order valence-electron chi connectivity index (χ4n) is 3.67. The normalized spacial score (nSPS) is 22.3. The van der Waals surface area contributed by atoms with Gasteiger partial charge < -0.3 is 10.1 Å². The SMILES string of the molecule is CC(=O)c1ccc(NC(=O)[C@@H](C)OC(=O)[C@H](C)N2C(=O)[C@H]3CC=CC[C@H]3C2=O)cc1. The Kier molecular flexibility index (Phi) is 6.14. The van der Waals surface area contributed by atoms with Gasteiger partial charge in [0.05, 0.1) is 11.8 Å². The Bertz CT molecular complexity index is 894. The number of hydrogen-bond acceptors (Lipinski definition) is 6. The lowest BCUT2D eigenvalue weighted by Crippen LogP contribution is -2.46. The van der Waals surface area contributed by atoms with Crippen LogP contribution in [0.1, 0.15) is 44.0 Å². The van der Waals surface area contributed by atoms with E-state index in [0.29, 0.717) is 24.1 Å². The van der Waals surface area contributed by atoms with Crippen molar-refractivity contribution in [3.05, 3.63) is 42.0 Å². The minimum Gasteiger partial charge on any atom is -0.451 e. The lowest BCUT2D eigenvalue weighted by Gasteiger charge is -2.23. The van der Waals surface area contributed by atoms with E-state index in [1.807, 2.05) is 12.2 Å². The maximum Gasteiger partial charge on any atom is 0.329 e. The molecule has 8 heteroatoms. The third-order valence-corrected chi connectivity index (χ3v) is 5.49. The molecular weight excluding hydrogens is 388 g/mol. The highest BCUT2D eigenvalue weighted by atomic mass is 16.5. The van der Waals surface area contributed by atoms with Crippen LogP contribution in [0.5, 0.6) is 0 Å². The highest BCUT2D eigenvalue weighted by Crippen LogP contribution is 2.36. The van der Waals surface area contributed by atoms with E-state index < -0.39 is 35.9 Å². The van der Waals surface area contributed by atoms with Crippen LogP contribution in [0.4, 0.5) is 5.69 Å². The van der Waals surface area contributed by atoms with Crippen LogP contribution in [0.25, 0.3) is 0 Å². The molecule has 1 fully saturated rings. The first-order valence-electron chi connectivity index (χ1n) is 9.85. The number of anilines is 1. The monoisotopic (exact) mass is 412 g/mol. The summed E-state index contributed by atoms with van der Waals surface area (Å²) in [6, 6.07) is 5.19. The zero-order valence-electron chi connectivity index (χ0n) is 17.1. The van der Waals surface area contributed by atoms with Crippen molar-refractivity contribution in [2.45, 2.75) is 45.8 Å². The number of benzene rings is 1. The molecule has 4 atom stereocenters. The molecule has 1 heterocycles. The molecule has 0 saturated carbocycles. The number of carbonyl (C=O) groups is 5. The molecule has 2 aliphatic rings. The van der Waals surface area contributed by atoms with Crippen LogP contribution in [0.3, 0.4) is 0 Å². The van der Waals surface area contributed by atoms with Gasteiger partial charge in [0.15, 0.2) is 11.9 Å². The number of carbonyl (C=O) groups excluding carboxylic acids is 5. The zero-order chi connectivity index (χ0) is 22.0. The van der Waals surface area contributed by atoms with Gasteiger partial charge in [0.25, 0.3) is 5.91 Å². The number of likely N-dealkylation sites (tertiary alicyclic amines) is 1. The van der Waals surface area contributed by atoms with Crippen LogP contribution in [0.2, 0.25) is 0 Å². The second-order valence-electron chi connectivity index (χ2n) is 7.58. The molecule has 0 spiro atoms. The number of esters is 1. The number of imide groups is 1. The number of hydrogen-bond donors (Lipinski definition) is 1.